The van der Waals surface area contributed by atoms with Crippen LogP contribution in [0.4, 0.5) is 0 Å². The number of thiocarbonyl (C=S) groups is 1. The van der Waals surface area contributed by atoms with Crippen molar-refractivity contribution >= 4 is 23.0 Å². The molecule has 0 aromatic carbocycles. The zero-order chi connectivity index (χ0) is 6.57. The summed E-state index contributed by atoms with van der Waals surface area (Å²) in [6.07, 6.45) is 0.772. The summed E-state index contributed by atoms with van der Waals surface area (Å²) in [7, 11) is 0. The number of amidine groups is 1. The summed E-state index contributed by atoms with van der Waals surface area (Å²) >= 11 is 4.67. The minimum absolute atomic E-state index is 0.601. The minimum atomic E-state index is 0.601. The van der Waals surface area contributed by atoms with E-state index in [0.29, 0.717) is 10.8 Å². The summed E-state index contributed by atoms with van der Waals surface area (Å²) in [5, 5.41) is 0. The highest BCUT2D eigenvalue weighted by atomic mass is 32.1. The fourth-order valence-corrected chi connectivity index (χ4v) is 0.399. The molecular weight excluding hydrogens is 120 g/mol. The van der Waals surface area contributed by atoms with Gasteiger partial charge in [0.1, 0.15) is 4.99 Å². The molecule has 0 unspecified atom stereocenters. The average Bonchev–Trinajstić information content (AvgIpc) is 1.65. The van der Waals surface area contributed by atoms with E-state index in [2.05, 4.69) is 17.2 Å². The molecule has 0 aliphatic rings. The largest absolute Gasteiger partial charge is 0.387 e. The van der Waals surface area contributed by atoms with Crippen LogP contribution in [0, 0.1) is 0 Å². The average molecular weight is 130 g/mol. The molecule has 0 heterocycles. The van der Waals surface area contributed by atoms with Crippen LogP contribution in [0.1, 0.15) is 20.3 Å². The van der Waals surface area contributed by atoms with E-state index < -0.39 is 0 Å². The molecule has 2 N–H and O–H groups in total. The fraction of sp³-hybridized carbons (Fsp3) is 0.600. The van der Waals surface area contributed by atoms with Gasteiger partial charge in [0.15, 0.2) is 0 Å². The van der Waals surface area contributed by atoms with Crippen LogP contribution < -0.4 is 5.73 Å². The molecule has 0 bridgehead atoms. The van der Waals surface area contributed by atoms with Crippen molar-refractivity contribution in [3.63, 3.8) is 0 Å². The zero-order valence-electron chi connectivity index (χ0n) is 5.14. The van der Waals surface area contributed by atoms with Gasteiger partial charge in [-0.15, -0.1) is 0 Å². The van der Waals surface area contributed by atoms with Gasteiger partial charge in [0.25, 0.3) is 0 Å². The molecule has 0 rings (SSSR count). The number of hydrogen-bond donors (Lipinski definition) is 1. The molecule has 46 valence electrons. The second-order valence-electron chi connectivity index (χ2n) is 1.48. The van der Waals surface area contributed by atoms with Crippen molar-refractivity contribution in [2.75, 3.05) is 0 Å². The Hall–Kier alpha value is -0.440. The van der Waals surface area contributed by atoms with Crippen LogP contribution in [0.3, 0.4) is 0 Å². The molecule has 0 spiro atoms. The van der Waals surface area contributed by atoms with Crippen molar-refractivity contribution in [1.82, 2.24) is 0 Å². The molecule has 8 heavy (non-hydrogen) atoms. The second-order valence-corrected chi connectivity index (χ2v) is 2.07. The molecule has 0 amide bonds. The van der Waals surface area contributed by atoms with E-state index in [1.54, 1.807) is 6.92 Å². The van der Waals surface area contributed by atoms with Gasteiger partial charge in [0.2, 0.25) is 0 Å². The van der Waals surface area contributed by atoms with Crippen LogP contribution in [0.25, 0.3) is 0 Å². The first-order valence-corrected chi connectivity index (χ1v) is 2.91. The summed E-state index contributed by atoms with van der Waals surface area (Å²) in [6.45, 7) is 3.69. The van der Waals surface area contributed by atoms with Crippen molar-refractivity contribution < 1.29 is 0 Å². The smallest absolute Gasteiger partial charge is 0.102 e. The van der Waals surface area contributed by atoms with Gasteiger partial charge < -0.3 is 5.73 Å². The quantitative estimate of drug-likeness (QED) is 0.328. The minimum Gasteiger partial charge on any atom is -0.387 e. The van der Waals surface area contributed by atoms with Gasteiger partial charge in [-0.1, -0.05) is 19.1 Å². The van der Waals surface area contributed by atoms with Crippen molar-refractivity contribution in [2.45, 2.75) is 20.3 Å². The van der Waals surface area contributed by atoms with Crippen molar-refractivity contribution in [1.29, 1.82) is 0 Å². The molecule has 0 radical (unpaired) electrons. The third-order valence-corrected chi connectivity index (χ3v) is 0.755. The van der Waals surface area contributed by atoms with Crippen molar-refractivity contribution in [3.8, 4) is 0 Å². The van der Waals surface area contributed by atoms with E-state index in [9.17, 15) is 0 Å². The summed E-state index contributed by atoms with van der Waals surface area (Å²) in [5.41, 5.74) is 5.34. The van der Waals surface area contributed by atoms with Gasteiger partial charge in [0.05, 0.1) is 5.84 Å². The highest BCUT2D eigenvalue weighted by Crippen LogP contribution is 1.80. The summed E-state index contributed by atoms with van der Waals surface area (Å²) in [4.78, 5) is 4.42. The Morgan fingerprint density at radius 3 is 2.38 bits per heavy atom. The Labute approximate surface area is 54.8 Å². The molecule has 0 saturated heterocycles. The number of aliphatic imine (C=N–C) groups is 1. The number of nitrogens with two attached hydrogens (primary N) is 1. The van der Waals surface area contributed by atoms with Crippen LogP contribution in [-0.2, 0) is 0 Å². The van der Waals surface area contributed by atoms with Crippen LogP contribution >= 0.6 is 12.2 Å². The standard InChI is InChI=1S/C5H10N2S/c1-3-5(6)7-4(2)8/h3H2,1-2H3,(H2,6,7,8). The molecule has 0 aromatic heterocycles. The Morgan fingerprint density at radius 1 is 1.75 bits per heavy atom. The molecule has 0 aliphatic carbocycles. The summed E-state index contributed by atoms with van der Waals surface area (Å²) < 4.78 is 0. The SMILES string of the molecule is CCC(N)=NC(C)=S. The topological polar surface area (TPSA) is 38.4 Å². The Morgan fingerprint density at radius 2 is 2.25 bits per heavy atom. The Bertz CT molecular complexity index is 118. The molecule has 0 aromatic rings. The Kier molecular flexibility index (Phi) is 3.35. The van der Waals surface area contributed by atoms with Crippen LogP contribution in [0.5, 0.6) is 0 Å². The lowest BCUT2D eigenvalue weighted by molar-refractivity contribution is 1.25. The van der Waals surface area contributed by atoms with Crippen molar-refractivity contribution in [2.24, 2.45) is 10.7 Å². The lowest BCUT2D eigenvalue weighted by atomic mass is 10.4. The van der Waals surface area contributed by atoms with E-state index in [-0.39, 0.29) is 0 Å². The summed E-state index contributed by atoms with van der Waals surface area (Å²) in [5.74, 6) is 0.609. The number of hydrogen-bond acceptors (Lipinski definition) is 1. The van der Waals surface area contributed by atoms with Crippen LogP contribution in [0.15, 0.2) is 4.99 Å². The first-order chi connectivity index (χ1) is 3.66. The number of nitrogens with zero attached hydrogens (tertiary/aromatic N) is 1. The highest BCUT2D eigenvalue weighted by molar-refractivity contribution is 7.80. The molecule has 0 saturated carbocycles. The van der Waals surface area contributed by atoms with Gasteiger partial charge in [-0.25, -0.2) is 4.99 Å². The van der Waals surface area contributed by atoms with Gasteiger partial charge in [-0.3, -0.25) is 0 Å². The lowest BCUT2D eigenvalue weighted by Crippen LogP contribution is -2.10. The maximum absolute atomic E-state index is 5.34. The predicted molar refractivity (Wildman–Crippen MR) is 40.2 cm³/mol. The maximum atomic E-state index is 5.34. The van der Waals surface area contributed by atoms with Crippen LogP contribution in [0.2, 0.25) is 0 Å². The summed E-state index contributed by atoms with van der Waals surface area (Å²) in [6, 6.07) is 0. The van der Waals surface area contributed by atoms with E-state index in [1.807, 2.05) is 6.92 Å². The fourth-order valence-electron chi connectivity index (χ4n) is 0.281. The molecule has 3 heteroatoms. The first-order valence-electron chi connectivity index (χ1n) is 2.50. The van der Waals surface area contributed by atoms with E-state index in [1.165, 1.54) is 0 Å². The van der Waals surface area contributed by atoms with E-state index in [0.717, 1.165) is 6.42 Å². The Balaban J connectivity index is 3.75. The number of rotatable bonds is 1. The third kappa shape index (κ3) is 3.74. The predicted octanol–water partition coefficient (Wildman–Crippen LogP) is 1.10. The monoisotopic (exact) mass is 130 g/mol. The second kappa shape index (κ2) is 3.55. The van der Waals surface area contributed by atoms with Crippen molar-refractivity contribution in [3.05, 3.63) is 0 Å². The zero-order valence-corrected chi connectivity index (χ0v) is 5.96. The van der Waals surface area contributed by atoms with Gasteiger partial charge >= 0.3 is 0 Å². The highest BCUT2D eigenvalue weighted by Gasteiger charge is 1.84. The first kappa shape index (κ1) is 7.56. The maximum Gasteiger partial charge on any atom is 0.102 e. The molecule has 2 nitrogen and oxygen atoms in total. The van der Waals surface area contributed by atoms with Crippen LogP contribution in [-0.4, -0.2) is 10.8 Å². The molecule has 0 atom stereocenters. The van der Waals surface area contributed by atoms with Gasteiger partial charge in [-0.05, 0) is 6.92 Å². The van der Waals surface area contributed by atoms with Gasteiger partial charge in [0, 0.05) is 6.42 Å². The normalized spacial score (nSPS) is 11.5. The van der Waals surface area contributed by atoms with E-state index >= 15 is 0 Å². The third-order valence-electron chi connectivity index (χ3n) is 0.663. The lowest BCUT2D eigenvalue weighted by Gasteiger charge is -1.90. The molecule has 0 fully saturated rings. The van der Waals surface area contributed by atoms with Gasteiger partial charge in [-0.2, -0.15) is 0 Å². The van der Waals surface area contributed by atoms with E-state index in [4.69, 9.17) is 5.73 Å². The molecule has 0 aliphatic heterocycles. The molecular formula is C5H10N2S.